The first-order chi connectivity index (χ1) is 14.9. The van der Waals surface area contributed by atoms with Gasteiger partial charge in [0.15, 0.2) is 5.78 Å². The third-order valence-electron chi connectivity index (χ3n) is 4.35. The Labute approximate surface area is 189 Å². The molecule has 3 rings (SSSR count). The smallest absolute Gasteiger partial charge is 0.306 e. The third-order valence-corrected chi connectivity index (χ3v) is 5.50. The standard InChI is InChI=1S/C23H21ClN2O4S/c1-15-2-8-18(9-3-15)25-21(28)12-22-26-19(14-31-22)13-30-23(29)11-10-20(27)16-4-6-17(24)7-5-16/h2-9,14H,10-13H2,1H3,(H,25,28). The molecule has 0 saturated carbocycles. The van der Waals surface area contributed by atoms with Crippen molar-refractivity contribution in [2.45, 2.75) is 32.8 Å². The van der Waals surface area contributed by atoms with Gasteiger partial charge < -0.3 is 10.1 Å². The van der Waals surface area contributed by atoms with Crippen LogP contribution in [0.5, 0.6) is 0 Å². The molecule has 0 atom stereocenters. The van der Waals surface area contributed by atoms with Crippen LogP contribution < -0.4 is 5.32 Å². The van der Waals surface area contributed by atoms with Crippen LogP contribution in [0.15, 0.2) is 53.9 Å². The summed E-state index contributed by atoms with van der Waals surface area (Å²) >= 11 is 7.13. The number of hydrogen-bond acceptors (Lipinski definition) is 6. The van der Waals surface area contributed by atoms with Crippen molar-refractivity contribution in [1.82, 2.24) is 4.98 Å². The third kappa shape index (κ3) is 7.31. The van der Waals surface area contributed by atoms with Crippen LogP contribution in [0.3, 0.4) is 0 Å². The maximum Gasteiger partial charge on any atom is 0.306 e. The van der Waals surface area contributed by atoms with Crippen molar-refractivity contribution in [3.8, 4) is 0 Å². The molecule has 6 nitrogen and oxygen atoms in total. The van der Waals surface area contributed by atoms with Crippen LogP contribution in [0.1, 0.15) is 39.5 Å². The van der Waals surface area contributed by atoms with Crippen molar-refractivity contribution in [3.05, 3.63) is 80.8 Å². The maximum absolute atomic E-state index is 12.2. The molecule has 3 aromatic rings. The Kier molecular flexibility index (Phi) is 7.92. The summed E-state index contributed by atoms with van der Waals surface area (Å²) in [6.45, 7) is 1.98. The number of aryl methyl sites for hydroxylation is 1. The first-order valence-electron chi connectivity index (χ1n) is 9.63. The van der Waals surface area contributed by atoms with Crippen molar-refractivity contribution in [3.63, 3.8) is 0 Å². The van der Waals surface area contributed by atoms with Crippen LogP contribution in [0.25, 0.3) is 0 Å². The minimum atomic E-state index is -0.478. The van der Waals surface area contributed by atoms with E-state index in [0.29, 0.717) is 21.3 Å². The summed E-state index contributed by atoms with van der Waals surface area (Å²) in [6, 6.07) is 14.1. The van der Waals surface area contributed by atoms with Crippen LogP contribution in [-0.2, 0) is 27.4 Å². The molecule has 1 aromatic heterocycles. The number of amides is 1. The lowest BCUT2D eigenvalue weighted by Gasteiger charge is -2.04. The summed E-state index contributed by atoms with van der Waals surface area (Å²) < 4.78 is 5.19. The van der Waals surface area contributed by atoms with Gasteiger partial charge >= 0.3 is 5.97 Å². The molecule has 0 radical (unpaired) electrons. The van der Waals surface area contributed by atoms with Gasteiger partial charge in [-0.15, -0.1) is 11.3 Å². The molecule has 1 N–H and O–H groups in total. The molecule has 0 aliphatic heterocycles. The number of halogens is 1. The molecule has 0 bridgehead atoms. The number of aromatic nitrogens is 1. The van der Waals surface area contributed by atoms with Crippen LogP contribution >= 0.6 is 22.9 Å². The highest BCUT2D eigenvalue weighted by molar-refractivity contribution is 7.09. The summed E-state index contributed by atoms with van der Waals surface area (Å²) in [4.78, 5) is 40.5. The Morgan fingerprint density at radius 1 is 1.03 bits per heavy atom. The number of hydrogen-bond donors (Lipinski definition) is 1. The lowest BCUT2D eigenvalue weighted by atomic mass is 10.1. The molecule has 0 saturated heterocycles. The SMILES string of the molecule is Cc1ccc(NC(=O)Cc2nc(COC(=O)CCC(=O)c3ccc(Cl)cc3)cs2)cc1. The second kappa shape index (κ2) is 10.8. The number of carbonyl (C=O) groups is 3. The number of anilines is 1. The molecular weight excluding hydrogens is 436 g/mol. The summed E-state index contributed by atoms with van der Waals surface area (Å²) in [5.74, 6) is -0.791. The molecule has 0 aliphatic carbocycles. The Balaban J connectivity index is 1.40. The normalized spacial score (nSPS) is 10.5. The number of nitrogens with zero attached hydrogens (tertiary/aromatic N) is 1. The minimum Gasteiger partial charge on any atom is -0.459 e. The van der Waals surface area contributed by atoms with E-state index in [9.17, 15) is 14.4 Å². The zero-order valence-electron chi connectivity index (χ0n) is 16.9. The highest BCUT2D eigenvalue weighted by atomic mass is 35.5. The second-order valence-corrected chi connectivity index (χ2v) is 8.29. The first kappa shape index (κ1) is 22.7. The number of Topliss-reactive ketones (excluding diaryl/α,β-unsaturated/α-hetero) is 1. The molecule has 8 heteroatoms. The van der Waals surface area contributed by atoms with Crippen molar-refractivity contribution >= 4 is 46.3 Å². The van der Waals surface area contributed by atoms with E-state index in [-0.39, 0.29) is 37.6 Å². The highest BCUT2D eigenvalue weighted by Crippen LogP contribution is 2.15. The highest BCUT2D eigenvalue weighted by Gasteiger charge is 2.13. The molecule has 0 aliphatic rings. The van der Waals surface area contributed by atoms with E-state index in [2.05, 4.69) is 10.3 Å². The molecule has 0 spiro atoms. The number of nitrogens with one attached hydrogen (secondary N) is 1. The summed E-state index contributed by atoms with van der Waals surface area (Å²) in [7, 11) is 0. The molecule has 1 amide bonds. The van der Waals surface area contributed by atoms with Gasteiger partial charge in [0.25, 0.3) is 0 Å². The van der Waals surface area contributed by atoms with Crippen LogP contribution in [0, 0.1) is 6.92 Å². The van der Waals surface area contributed by atoms with Gasteiger partial charge in [0.2, 0.25) is 5.91 Å². The Bertz CT molecular complexity index is 1060. The summed E-state index contributed by atoms with van der Waals surface area (Å²) in [6.07, 6.45) is 0.182. The van der Waals surface area contributed by atoms with Crippen LogP contribution in [-0.4, -0.2) is 22.6 Å². The van der Waals surface area contributed by atoms with Gasteiger partial charge in [-0.1, -0.05) is 29.3 Å². The van der Waals surface area contributed by atoms with Gasteiger partial charge in [-0.2, -0.15) is 0 Å². The second-order valence-electron chi connectivity index (χ2n) is 6.91. The average Bonchev–Trinajstić information content (AvgIpc) is 3.19. The molecular formula is C23H21ClN2O4S. The largest absolute Gasteiger partial charge is 0.459 e. The van der Waals surface area contributed by atoms with Gasteiger partial charge in [-0.05, 0) is 43.3 Å². The van der Waals surface area contributed by atoms with Crippen molar-refractivity contribution in [2.75, 3.05) is 5.32 Å². The number of rotatable bonds is 9. The molecule has 0 unspecified atom stereocenters. The number of benzene rings is 2. The first-order valence-corrected chi connectivity index (χ1v) is 10.9. The van der Waals surface area contributed by atoms with E-state index >= 15 is 0 Å². The van der Waals surface area contributed by atoms with Gasteiger partial charge in [-0.3, -0.25) is 14.4 Å². The topological polar surface area (TPSA) is 85.4 Å². The number of ketones is 1. The number of thiazole rings is 1. The lowest BCUT2D eigenvalue weighted by molar-refractivity contribution is -0.145. The number of ether oxygens (including phenoxy) is 1. The number of esters is 1. The maximum atomic E-state index is 12.2. The van der Waals surface area contributed by atoms with E-state index < -0.39 is 5.97 Å². The Hall–Kier alpha value is -3.03. The Morgan fingerprint density at radius 2 is 1.74 bits per heavy atom. The van der Waals surface area contributed by atoms with E-state index in [4.69, 9.17) is 16.3 Å². The lowest BCUT2D eigenvalue weighted by Crippen LogP contribution is -2.14. The summed E-state index contributed by atoms with van der Waals surface area (Å²) in [5, 5.41) is 5.76. The predicted molar refractivity (Wildman–Crippen MR) is 120 cm³/mol. The van der Waals surface area contributed by atoms with Crippen LogP contribution in [0.2, 0.25) is 5.02 Å². The fraction of sp³-hybridized carbons (Fsp3) is 0.217. The van der Waals surface area contributed by atoms with Crippen molar-refractivity contribution in [2.24, 2.45) is 0 Å². The molecule has 0 fully saturated rings. The predicted octanol–water partition coefficient (Wildman–Crippen LogP) is 4.99. The molecule has 160 valence electrons. The van der Waals surface area contributed by atoms with Crippen molar-refractivity contribution in [1.29, 1.82) is 0 Å². The zero-order valence-corrected chi connectivity index (χ0v) is 18.5. The van der Waals surface area contributed by atoms with E-state index in [0.717, 1.165) is 11.3 Å². The van der Waals surface area contributed by atoms with Gasteiger partial charge in [0.05, 0.1) is 18.5 Å². The zero-order chi connectivity index (χ0) is 22.2. The van der Waals surface area contributed by atoms with Crippen LogP contribution in [0.4, 0.5) is 5.69 Å². The van der Waals surface area contributed by atoms with Gasteiger partial charge in [0, 0.05) is 28.1 Å². The fourth-order valence-electron chi connectivity index (χ4n) is 2.70. The molecule has 2 aromatic carbocycles. The van der Waals surface area contributed by atoms with Gasteiger partial charge in [-0.25, -0.2) is 4.98 Å². The quantitative estimate of drug-likeness (QED) is 0.362. The number of carbonyl (C=O) groups excluding carboxylic acids is 3. The molecule has 31 heavy (non-hydrogen) atoms. The minimum absolute atomic E-state index is 0.00402. The van der Waals surface area contributed by atoms with Gasteiger partial charge in [0.1, 0.15) is 11.6 Å². The molecule has 1 heterocycles. The van der Waals surface area contributed by atoms with E-state index in [1.54, 1.807) is 29.6 Å². The Morgan fingerprint density at radius 3 is 2.45 bits per heavy atom. The summed E-state index contributed by atoms with van der Waals surface area (Å²) in [5.41, 5.74) is 2.92. The monoisotopic (exact) mass is 456 g/mol. The fourth-order valence-corrected chi connectivity index (χ4v) is 3.60. The van der Waals surface area contributed by atoms with E-state index in [1.165, 1.54) is 11.3 Å². The average molecular weight is 457 g/mol. The van der Waals surface area contributed by atoms with Crippen molar-refractivity contribution < 1.29 is 19.1 Å². The van der Waals surface area contributed by atoms with E-state index in [1.807, 2.05) is 31.2 Å².